The molecule has 5 heteroatoms. The first-order chi connectivity index (χ1) is 9.51. The summed E-state index contributed by atoms with van der Waals surface area (Å²) in [6.07, 6.45) is 0.189. The van der Waals surface area contributed by atoms with Gasteiger partial charge in [0.1, 0.15) is 0 Å². The summed E-state index contributed by atoms with van der Waals surface area (Å²) < 4.78 is 4.61. The van der Waals surface area contributed by atoms with Crippen LogP contribution in [0.1, 0.15) is 25.7 Å². The highest BCUT2D eigenvalue weighted by molar-refractivity contribution is 7.14. The van der Waals surface area contributed by atoms with E-state index in [0.29, 0.717) is 15.5 Å². The lowest BCUT2D eigenvalue weighted by Gasteiger charge is -2.03. The van der Waals surface area contributed by atoms with Gasteiger partial charge in [-0.3, -0.25) is 9.59 Å². The fourth-order valence-electron chi connectivity index (χ4n) is 1.82. The number of carbonyl (C=O) groups excluding carboxylic acids is 2. The van der Waals surface area contributed by atoms with E-state index in [-0.39, 0.29) is 18.2 Å². The largest absolute Gasteiger partial charge is 0.469 e. The van der Waals surface area contributed by atoms with Gasteiger partial charge in [-0.15, -0.1) is 11.3 Å². The molecule has 0 saturated carbocycles. The van der Waals surface area contributed by atoms with Crippen molar-refractivity contribution in [2.75, 3.05) is 7.11 Å². The van der Waals surface area contributed by atoms with E-state index in [1.165, 1.54) is 18.4 Å². The number of benzene rings is 1. The summed E-state index contributed by atoms with van der Waals surface area (Å²) in [5, 5.41) is 0.608. The standard InChI is InChI=1S/C15H13ClO3S/c1-9-7-10(16)3-5-12(9)15(18)13-6-4-11(20-13)8-14(17)19-2/h3-7H,8H2,1-2H3. The average Bonchev–Trinajstić information content (AvgIpc) is 2.86. The molecule has 20 heavy (non-hydrogen) atoms. The Morgan fingerprint density at radius 2 is 2.00 bits per heavy atom. The number of ether oxygens (including phenoxy) is 1. The molecule has 0 amide bonds. The Morgan fingerprint density at radius 1 is 1.25 bits per heavy atom. The molecular formula is C15H13ClO3S. The second-order valence-electron chi connectivity index (χ2n) is 4.31. The zero-order valence-corrected chi connectivity index (χ0v) is 12.7. The second kappa shape index (κ2) is 6.20. The molecule has 0 radical (unpaired) electrons. The van der Waals surface area contributed by atoms with E-state index in [2.05, 4.69) is 4.74 Å². The summed E-state index contributed by atoms with van der Waals surface area (Å²) in [4.78, 5) is 25.0. The monoisotopic (exact) mass is 308 g/mol. The van der Waals surface area contributed by atoms with Crippen molar-refractivity contribution in [1.82, 2.24) is 0 Å². The Kier molecular flexibility index (Phi) is 4.57. The molecule has 0 N–H and O–H groups in total. The number of aryl methyl sites for hydroxylation is 1. The number of halogens is 1. The summed E-state index contributed by atoms with van der Waals surface area (Å²) in [6.45, 7) is 1.85. The molecule has 3 nitrogen and oxygen atoms in total. The van der Waals surface area contributed by atoms with Crippen LogP contribution in [0.15, 0.2) is 30.3 Å². The molecule has 0 spiro atoms. The molecule has 0 aliphatic heterocycles. The zero-order chi connectivity index (χ0) is 14.7. The number of hydrogen-bond donors (Lipinski definition) is 0. The minimum atomic E-state index is -0.312. The fourth-order valence-corrected chi connectivity index (χ4v) is 3.00. The third-order valence-electron chi connectivity index (χ3n) is 2.86. The number of esters is 1. The zero-order valence-electron chi connectivity index (χ0n) is 11.1. The van der Waals surface area contributed by atoms with Crippen LogP contribution in [0.4, 0.5) is 0 Å². The number of hydrogen-bond acceptors (Lipinski definition) is 4. The van der Waals surface area contributed by atoms with Gasteiger partial charge < -0.3 is 4.74 Å². The minimum absolute atomic E-state index is 0.0553. The van der Waals surface area contributed by atoms with Crippen molar-refractivity contribution in [2.24, 2.45) is 0 Å². The maximum atomic E-state index is 12.4. The van der Waals surface area contributed by atoms with Crippen molar-refractivity contribution in [3.63, 3.8) is 0 Å². The van der Waals surface area contributed by atoms with Gasteiger partial charge in [-0.2, -0.15) is 0 Å². The Labute approximate surface area is 126 Å². The predicted molar refractivity (Wildman–Crippen MR) is 79.7 cm³/mol. The van der Waals surface area contributed by atoms with Gasteiger partial charge in [-0.05, 0) is 42.8 Å². The lowest BCUT2D eigenvalue weighted by atomic mass is 10.0. The van der Waals surface area contributed by atoms with Crippen LogP contribution in [-0.4, -0.2) is 18.9 Å². The first-order valence-electron chi connectivity index (χ1n) is 5.97. The van der Waals surface area contributed by atoms with E-state index >= 15 is 0 Å². The minimum Gasteiger partial charge on any atom is -0.469 e. The first kappa shape index (κ1) is 14.8. The van der Waals surface area contributed by atoms with Crippen LogP contribution in [0, 0.1) is 6.92 Å². The summed E-state index contributed by atoms with van der Waals surface area (Å²) in [5.41, 5.74) is 1.46. The third-order valence-corrected chi connectivity index (χ3v) is 4.18. The van der Waals surface area contributed by atoms with Crippen LogP contribution >= 0.6 is 22.9 Å². The lowest BCUT2D eigenvalue weighted by molar-refractivity contribution is -0.139. The molecule has 0 aliphatic carbocycles. The summed E-state index contributed by atoms with van der Waals surface area (Å²) in [6, 6.07) is 8.70. The van der Waals surface area contributed by atoms with Crippen molar-refractivity contribution < 1.29 is 14.3 Å². The highest BCUT2D eigenvalue weighted by Crippen LogP contribution is 2.23. The van der Waals surface area contributed by atoms with Crippen molar-refractivity contribution in [2.45, 2.75) is 13.3 Å². The molecule has 1 heterocycles. The van der Waals surface area contributed by atoms with Crippen LogP contribution in [0.2, 0.25) is 5.02 Å². The highest BCUT2D eigenvalue weighted by Gasteiger charge is 2.15. The van der Waals surface area contributed by atoms with Gasteiger partial charge in [0.2, 0.25) is 5.78 Å². The van der Waals surface area contributed by atoms with Crippen LogP contribution in [0.5, 0.6) is 0 Å². The normalized spacial score (nSPS) is 10.3. The maximum absolute atomic E-state index is 12.4. The predicted octanol–water partition coefficient (Wildman–Crippen LogP) is 3.66. The Morgan fingerprint density at radius 3 is 2.65 bits per heavy atom. The molecule has 0 atom stereocenters. The topological polar surface area (TPSA) is 43.4 Å². The number of carbonyl (C=O) groups is 2. The van der Waals surface area contributed by atoms with Crippen LogP contribution in [0.3, 0.4) is 0 Å². The van der Waals surface area contributed by atoms with Gasteiger partial charge in [-0.25, -0.2) is 0 Å². The number of thiophene rings is 1. The van der Waals surface area contributed by atoms with Gasteiger partial charge in [-0.1, -0.05) is 11.6 Å². The first-order valence-corrected chi connectivity index (χ1v) is 7.17. The van der Waals surface area contributed by atoms with E-state index < -0.39 is 0 Å². The second-order valence-corrected chi connectivity index (χ2v) is 5.91. The smallest absolute Gasteiger partial charge is 0.310 e. The Balaban J connectivity index is 2.23. The van der Waals surface area contributed by atoms with Crippen molar-refractivity contribution in [3.8, 4) is 0 Å². The van der Waals surface area contributed by atoms with Gasteiger partial charge in [0.25, 0.3) is 0 Å². The molecule has 2 rings (SSSR count). The maximum Gasteiger partial charge on any atom is 0.310 e. The van der Waals surface area contributed by atoms with E-state index in [1.54, 1.807) is 30.3 Å². The number of methoxy groups -OCH3 is 1. The molecular weight excluding hydrogens is 296 g/mol. The van der Waals surface area contributed by atoms with Crippen LogP contribution in [0.25, 0.3) is 0 Å². The van der Waals surface area contributed by atoms with E-state index in [9.17, 15) is 9.59 Å². The SMILES string of the molecule is COC(=O)Cc1ccc(C(=O)c2ccc(Cl)cc2C)s1. The molecule has 0 bridgehead atoms. The van der Waals surface area contributed by atoms with Crippen molar-refractivity contribution >= 4 is 34.7 Å². The highest BCUT2D eigenvalue weighted by atomic mass is 35.5. The van der Waals surface area contributed by atoms with Gasteiger partial charge in [0, 0.05) is 15.5 Å². The number of ketones is 1. The molecule has 2 aromatic rings. The third kappa shape index (κ3) is 3.26. The van der Waals surface area contributed by atoms with Gasteiger partial charge >= 0.3 is 5.97 Å². The molecule has 1 aromatic carbocycles. The quantitative estimate of drug-likeness (QED) is 0.639. The van der Waals surface area contributed by atoms with Crippen LogP contribution < -0.4 is 0 Å². The molecule has 104 valence electrons. The van der Waals surface area contributed by atoms with E-state index in [4.69, 9.17) is 11.6 Å². The summed E-state index contributed by atoms with van der Waals surface area (Å²) in [5.74, 6) is -0.367. The number of rotatable bonds is 4. The van der Waals surface area contributed by atoms with E-state index in [1.807, 2.05) is 6.92 Å². The summed E-state index contributed by atoms with van der Waals surface area (Å²) >= 11 is 7.19. The van der Waals surface area contributed by atoms with Crippen LogP contribution in [-0.2, 0) is 16.0 Å². The molecule has 0 aliphatic rings. The lowest BCUT2D eigenvalue weighted by Crippen LogP contribution is -2.03. The fraction of sp³-hybridized carbons (Fsp3) is 0.200. The van der Waals surface area contributed by atoms with Gasteiger partial charge in [0.15, 0.2) is 0 Å². The van der Waals surface area contributed by atoms with Crippen molar-refractivity contribution in [3.05, 3.63) is 56.2 Å². The van der Waals surface area contributed by atoms with Crippen molar-refractivity contribution in [1.29, 1.82) is 0 Å². The molecule has 0 unspecified atom stereocenters. The Hall–Kier alpha value is -1.65. The van der Waals surface area contributed by atoms with E-state index in [0.717, 1.165) is 10.4 Å². The Bertz CT molecular complexity index is 661. The summed E-state index contributed by atoms with van der Waals surface area (Å²) in [7, 11) is 1.35. The average molecular weight is 309 g/mol. The molecule has 0 fully saturated rings. The molecule has 0 saturated heterocycles. The molecule has 1 aromatic heterocycles. The van der Waals surface area contributed by atoms with Gasteiger partial charge in [0.05, 0.1) is 18.4 Å².